The molecule has 0 aromatic heterocycles. The Morgan fingerprint density at radius 2 is 1.83 bits per heavy atom. The van der Waals surface area contributed by atoms with E-state index in [1.54, 1.807) is 16.7 Å². The molecule has 0 unspecified atom stereocenters. The number of amides is 1. The van der Waals surface area contributed by atoms with Crippen molar-refractivity contribution in [1.82, 2.24) is 4.90 Å². The lowest BCUT2D eigenvalue weighted by atomic mass is 9.77. The fraction of sp³-hybridized carbons (Fsp3) is 0.889. The summed E-state index contributed by atoms with van der Waals surface area (Å²) >= 11 is 22.5. The van der Waals surface area contributed by atoms with Gasteiger partial charge in [-0.1, -0.05) is 55.6 Å². The van der Waals surface area contributed by atoms with Crippen molar-refractivity contribution < 1.29 is 17.8 Å². The zero-order valence-electron chi connectivity index (χ0n) is 17.8. The van der Waals surface area contributed by atoms with E-state index in [1.807, 2.05) is 13.8 Å². The third kappa shape index (κ3) is 4.64. The minimum Gasteiger partial charge on any atom is -0.417 e. The molecule has 1 amide bonds. The number of carbonyl (C=O) groups excluding carboxylic acids is 2. The van der Waals surface area contributed by atoms with Crippen LogP contribution in [0, 0.1) is 5.92 Å². The molecule has 5 nitrogen and oxygen atoms in total. The molecule has 0 spiro atoms. The molecule has 2 aliphatic heterocycles. The van der Waals surface area contributed by atoms with Gasteiger partial charge in [0.2, 0.25) is 5.91 Å². The smallest absolute Gasteiger partial charge is 0.345 e. The summed E-state index contributed by atoms with van der Waals surface area (Å²) in [6.07, 6.45) is 0.452. The molecule has 0 aromatic carbocycles. The Morgan fingerprint density at radius 3 is 2.28 bits per heavy atom. The van der Waals surface area contributed by atoms with Gasteiger partial charge in [0.1, 0.15) is 0 Å². The van der Waals surface area contributed by atoms with Crippen molar-refractivity contribution in [2.24, 2.45) is 5.92 Å². The molecule has 0 saturated carbocycles. The van der Waals surface area contributed by atoms with Crippen LogP contribution in [-0.2, 0) is 17.8 Å². The van der Waals surface area contributed by atoms with Crippen molar-refractivity contribution in [2.45, 2.75) is 85.0 Å². The van der Waals surface area contributed by atoms with Crippen LogP contribution in [0.2, 0.25) is 18.1 Å². The van der Waals surface area contributed by atoms with E-state index >= 15 is 0 Å². The molecule has 0 N–H and O–H groups in total. The molecular formula is C18H29BrCl3NO4SSi. The van der Waals surface area contributed by atoms with E-state index in [4.69, 9.17) is 43.1 Å². The molecule has 2 heterocycles. The van der Waals surface area contributed by atoms with E-state index in [0.717, 1.165) is 0 Å². The van der Waals surface area contributed by atoms with Crippen molar-refractivity contribution in [3.8, 4) is 0 Å². The number of hydrogen-bond donors (Lipinski definition) is 0. The van der Waals surface area contributed by atoms with E-state index in [2.05, 4.69) is 50.1 Å². The quantitative estimate of drug-likeness (QED) is 0.221. The van der Waals surface area contributed by atoms with Gasteiger partial charge < -0.3 is 13.2 Å². The van der Waals surface area contributed by atoms with Crippen LogP contribution in [0.1, 0.15) is 47.5 Å². The summed E-state index contributed by atoms with van der Waals surface area (Å²) < 4.78 is 8.72. The zero-order chi connectivity index (χ0) is 22.6. The van der Waals surface area contributed by atoms with Gasteiger partial charge in [-0.25, -0.2) is 4.79 Å². The number of rotatable bonds is 6. The number of hydrogen-bond acceptors (Lipinski definition) is 5. The van der Waals surface area contributed by atoms with Crippen LogP contribution in [0.4, 0.5) is 0 Å². The first-order valence-electron chi connectivity index (χ1n) is 9.46. The highest BCUT2D eigenvalue weighted by Gasteiger charge is 2.73. The predicted molar refractivity (Wildman–Crippen MR) is 126 cm³/mol. The van der Waals surface area contributed by atoms with E-state index in [9.17, 15) is 9.59 Å². The second kappa shape index (κ2) is 8.30. The number of alkyl halides is 3. The fourth-order valence-corrected chi connectivity index (χ4v) is 7.51. The predicted octanol–water partition coefficient (Wildman–Crippen LogP) is 6.06. The Labute approximate surface area is 202 Å². The maximum absolute atomic E-state index is 13.1. The Bertz CT molecular complexity index is 683. The largest absolute Gasteiger partial charge is 0.417 e. The molecule has 2 rings (SSSR count). The van der Waals surface area contributed by atoms with Gasteiger partial charge in [-0.3, -0.25) is 4.79 Å². The monoisotopic (exact) mass is 567 g/mol. The summed E-state index contributed by atoms with van der Waals surface area (Å²) in [6.45, 7) is 15.2. The maximum atomic E-state index is 13.1. The van der Waals surface area contributed by atoms with Gasteiger partial charge in [0.15, 0.2) is 33.9 Å². The molecule has 3 atom stereocenters. The SMILES string of the molecule is CC1(C)S[C@@H]2[C@H](CCO[Si](C)(C)C(C)(C)C)C(=O)N2[C@@]1(CC(Cl)(Cl)Cl)C(=O)OBr. The van der Waals surface area contributed by atoms with Gasteiger partial charge in [-0.2, -0.15) is 0 Å². The second-order valence-electron chi connectivity index (χ2n) is 9.75. The van der Waals surface area contributed by atoms with Gasteiger partial charge in [0.05, 0.1) is 11.3 Å². The lowest BCUT2D eigenvalue weighted by Crippen LogP contribution is -2.71. The summed E-state index contributed by atoms with van der Waals surface area (Å²) in [7, 11) is -1.89. The van der Waals surface area contributed by atoms with Crippen molar-refractivity contribution in [3.63, 3.8) is 0 Å². The van der Waals surface area contributed by atoms with Gasteiger partial charge in [0.25, 0.3) is 0 Å². The standard InChI is InChI=1S/C18H29BrCl3NO4SSi/c1-15(2,3)29(6,7)26-9-8-11-12(24)23-13(11)28-16(4,5)17(23,14(25)27-19)10-18(20,21)22/h11,13H,8-10H2,1-7H3/t11-,13-,17+/m1/s1. The van der Waals surface area contributed by atoms with Gasteiger partial charge in [-0.15, -0.1) is 11.8 Å². The highest BCUT2D eigenvalue weighted by atomic mass is 79.9. The van der Waals surface area contributed by atoms with Gasteiger partial charge in [0, 0.05) is 17.8 Å². The second-order valence-corrected chi connectivity index (χ2v) is 19.1. The van der Waals surface area contributed by atoms with Crippen molar-refractivity contribution in [1.29, 1.82) is 0 Å². The third-order valence-electron chi connectivity index (χ3n) is 6.54. The molecule has 0 radical (unpaired) electrons. The van der Waals surface area contributed by atoms with Crippen LogP contribution < -0.4 is 0 Å². The van der Waals surface area contributed by atoms with Crippen LogP contribution >= 0.6 is 62.8 Å². The van der Waals surface area contributed by atoms with E-state index < -0.39 is 28.4 Å². The molecular weight excluding hydrogens is 541 g/mol. The summed E-state index contributed by atoms with van der Waals surface area (Å²) in [6, 6.07) is 0. The Hall–Kier alpha value is 0.817. The minimum absolute atomic E-state index is 0.103. The molecule has 29 heavy (non-hydrogen) atoms. The van der Waals surface area contributed by atoms with E-state index in [1.165, 1.54) is 0 Å². The van der Waals surface area contributed by atoms with Crippen LogP contribution in [-0.4, -0.2) is 51.2 Å². The minimum atomic E-state index is -1.89. The first kappa shape index (κ1) is 26.1. The Morgan fingerprint density at radius 1 is 1.28 bits per heavy atom. The number of thioether (sulfide) groups is 1. The first-order valence-corrected chi connectivity index (χ1v) is 15.0. The van der Waals surface area contributed by atoms with Crippen LogP contribution in [0.3, 0.4) is 0 Å². The van der Waals surface area contributed by atoms with E-state index in [0.29, 0.717) is 13.0 Å². The summed E-state index contributed by atoms with van der Waals surface area (Å²) in [5.41, 5.74) is -1.37. The van der Waals surface area contributed by atoms with E-state index in [-0.39, 0.29) is 28.7 Å². The third-order valence-corrected chi connectivity index (χ3v) is 13.5. The van der Waals surface area contributed by atoms with Crippen LogP contribution in [0.5, 0.6) is 0 Å². The molecule has 0 aromatic rings. The van der Waals surface area contributed by atoms with Crippen molar-refractivity contribution in [3.05, 3.63) is 0 Å². The van der Waals surface area contributed by atoms with Crippen LogP contribution in [0.25, 0.3) is 0 Å². The van der Waals surface area contributed by atoms with Crippen molar-refractivity contribution >= 4 is 83.0 Å². The van der Waals surface area contributed by atoms with Gasteiger partial charge in [-0.05, 0) is 38.4 Å². The van der Waals surface area contributed by atoms with Gasteiger partial charge >= 0.3 is 5.97 Å². The average Bonchev–Trinajstić information content (AvgIpc) is 2.73. The number of fused-ring (bicyclic) bond motifs is 1. The number of halogens is 4. The zero-order valence-corrected chi connectivity index (χ0v) is 23.4. The molecule has 2 fully saturated rings. The highest BCUT2D eigenvalue weighted by Crippen LogP contribution is 2.63. The summed E-state index contributed by atoms with van der Waals surface area (Å²) in [5, 5.41) is -0.0780. The summed E-state index contributed by atoms with van der Waals surface area (Å²) in [5.74, 6) is -0.989. The molecule has 168 valence electrons. The maximum Gasteiger partial charge on any atom is 0.345 e. The molecule has 0 bridgehead atoms. The normalized spacial score (nSPS) is 29.5. The lowest BCUT2D eigenvalue weighted by molar-refractivity contribution is -0.173. The molecule has 0 aliphatic carbocycles. The highest BCUT2D eigenvalue weighted by molar-refractivity contribution is 9.06. The average molecular weight is 570 g/mol. The fourth-order valence-electron chi connectivity index (χ4n) is 3.75. The molecule has 2 saturated heterocycles. The van der Waals surface area contributed by atoms with Crippen molar-refractivity contribution in [2.75, 3.05) is 6.61 Å². The first-order chi connectivity index (χ1) is 12.9. The lowest BCUT2D eigenvalue weighted by Gasteiger charge is -2.51. The van der Waals surface area contributed by atoms with Crippen LogP contribution in [0.15, 0.2) is 0 Å². The molecule has 2 aliphatic rings. The topological polar surface area (TPSA) is 55.8 Å². The number of β-lactam (4-membered cyclic amide) rings is 1. The number of carbonyl (C=O) groups is 2. The number of nitrogens with zero attached hydrogens (tertiary/aromatic N) is 1. The Balaban J connectivity index is 2.21. The molecule has 11 heteroatoms. The summed E-state index contributed by atoms with van der Waals surface area (Å²) in [4.78, 5) is 27.5. The Kier molecular flexibility index (Phi) is 7.47.